The number of halogens is 1. The summed E-state index contributed by atoms with van der Waals surface area (Å²) in [6, 6.07) is 0. The summed E-state index contributed by atoms with van der Waals surface area (Å²) in [5, 5.41) is 18.0. The molecule has 0 aromatic rings. The van der Waals surface area contributed by atoms with Crippen LogP contribution in [0.4, 0.5) is 0 Å². The molecule has 0 aliphatic heterocycles. The third-order valence-corrected chi connectivity index (χ3v) is 5.59. The van der Waals surface area contributed by atoms with Gasteiger partial charge in [0.2, 0.25) is 0 Å². The molecule has 0 unspecified atom stereocenters. The van der Waals surface area contributed by atoms with Crippen molar-refractivity contribution in [3.8, 4) is 0 Å². The molecule has 28 heavy (non-hydrogen) atoms. The van der Waals surface area contributed by atoms with Crippen LogP contribution in [0.15, 0.2) is 0 Å². The Morgan fingerprint density at radius 2 is 0.714 bits per heavy atom. The van der Waals surface area contributed by atoms with Gasteiger partial charge in [-0.05, 0) is 25.8 Å². The van der Waals surface area contributed by atoms with E-state index >= 15 is 0 Å². The van der Waals surface area contributed by atoms with E-state index in [2.05, 4.69) is 11.8 Å². The molecule has 0 aromatic heterocycles. The lowest BCUT2D eigenvalue weighted by molar-refractivity contribution is 0.199. The summed E-state index contributed by atoms with van der Waals surface area (Å²) in [7, 11) is 0. The molecule has 0 atom stereocenters. The summed E-state index contributed by atoms with van der Waals surface area (Å²) in [5.41, 5.74) is 0. The van der Waals surface area contributed by atoms with E-state index in [1.54, 1.807) is 0 Å². The van der Waals surface area contributed by atoms with Gasteiger partial charge in [-0.15, -0.1) is 12.4 Å². The fraction of sp³-hybridized carbons (Fsp3) is 1.00. The molecule has 0 amide bonds. The molecule has 0 saturated heterocycles. The molecule has 4 heteroatoms. The van der Waals surface area contributed by atoms with Crippen LogP contribution in [0.2, 0.25) is 0 Å². The molecule has 0 heterocycles. The minimum absolute atomic E-state index is 0. The minimum Gasteiger partial charge on any atom is -0.396 e. The highest BCUT2D eigenvalue weighted by atomic mass is 35.5. The lowest BCUT2D eigenvalue weighted by Crippen LogP contribution is -2.28. The average molecular weight is 422 g/mol. The Labute approximate surface area is 183 Å². The molecule has 0 bridgehead atoms. The molecular weight excluding hydrogens is 370 g/mol. The fourth-order valence-electron chi connectivity index (χ4n) is 3.81. The first kappa shape index (κ1) is 30.4. The van der Waals surface area contributed by atoms with Crippen LogP contribution in [0.3, 0.4) is 0 Å². The summed E-state index contributed by atoms with van der Waals surface area (Å²) >= 11 is 0. The van der Waals surface area contributed by atoms with Gasteiger partial charge < -0.3 is 15.1 Å². The molecule has 0 saturated carbocycles. The van der Waals surface area contributed by atoms with Crippen LogP contribution in [0.5, 0.6) is 0 Å². The summed E-state index contributed by atoms with van der Waals surface area (Å²) in [6.45, 7) is 5.89. The molecular formula is C24H52ClNO2. The largest absolute Gasteiger partial charge is 0.396 e. The van der Waals surface area contributed by atoms with Crippen molar-refractivity contribution in [2.45, 2.75) is 122 Å². The van der Waals surface area contributed by atoms with Crippen LogP contribution >= 0.6 is 12.4 Å². The number of nitrogens with zero attached hydrogens (tertiary/aromatic N) is 1. The van der Waals surface area contributed by atoms with Crippen LogP contribution in [-0.4, -0.2) is 48.0 Å². The lowest BCUT2D eigenvalue weighted by atomic mass is 10.0. The Morgan fingerprint density at radius 1 is 0.429 bits per heavy atom. The zero-order valence-corrected chi connectivity index (χ0v) is 19.8. The van der Waals surface area contributed by atoms with E-state index in [4.69, 9.17) is 10.2 Å². The predicted octanol–water partition coefficient (Wildman–Crippen LogP) is 6.74. The Balaban J connectivity index is 0. The van der Waals surface area contributed by atoms with Gasteiger partial charge in [-0.2, -0.15) is 0 Å². The van der Waals surface area contributed by atoms with Gasteiger partial charge in [0.1, 0.15) is 0 Å². The number of unbranched alkanes of at least 4 members (excludes halogenated alkanes) is 15. The number of aliphatic hydroxyl groups is 2. The number of aliphatic hydroxyl groups excluding tert-OH is 2. The van der Waals surface area contributed by atoms with E-state index in [1.165, 1.54) is 103 Å². The zero-order chi connectivity index (χ0) is 19.8. The molecule has 0 rings (SSSR count). The molecule has 0 aliphatic carbocycles. The topological polar surface area (TPSA) is 43.7 Å². The number of hydrogen-bond acceptors (Lipinski definition) is 3. The summed E-state index contributed by atoms with van der Waals surface area (Å²) in [5.74, 6) is 0. The van der Waals surface area contributed by atoms with Gasteiger partial charge in [-0.3, -0.25) is 0 Å². The van der Waals surface area contributed by atoms with Gasteiger partial charge in [-0.25, -0.2) is 0 Å². The van der Waals surface area contributed by atoms with Crippen molar-refractivity contribution in [3.05, 3.63) is 0 Å². The maximum Gasteiger partial charge on any atom is 0.0443 e. The summed E-state index contributed by atoms with van der Waals surface area (Å²) in [6.07, 6.45) is 24.3. The molecule has 0 aromatic carbocycles. The van der Waals surface area contributed by atoms with E-state index in [9.17, 15) is 0 Å². The smallest absolute Gasteiger partial charge is 0.0443 e. The summed E-state index contributed by atoms with van der Waals surface area (Å²) in [4.78, 5) is 2.40. The van der Waals surface area contributed by atoms with Crippen LogP contribution in [-0.2, 0) is 0 Å². The van der Waals surface area contributed by atoms with E-state index in [-0.39, 0.29) is 25.6 Å². The minimum atomic E-state index is 0. The Morgan fingerprint density at radius 3 is 1.04 bits per heavy atom. The molecule has 0 fully saturated rings. The van der Waals surface area contributed by atoms with Crippen molar-refractivity contribution in [1.29, 1.82) is 0 Å². The second-order valence-electron chi connectivity index (χ2n) is 8.30. The number of rotatable bonds is 23. The molecule has 2 N–H and O–H groups in total. The first-order valence-electron chi connectivity index (χ1n) is 12.3. The lowest BCUT2D eigenvalue weighted by Gasteiger charge is -2.21. The molecule has 0 aliphatic rings. The van der Waals surface area contributed by atoms with Crippen molar-refractivity contribution in [1.82, 2.24) is 4.90 Å². The highest BCUT2D eigenvalue weighted by molar-refractivity contribution is 5.85. The van der Waals surface area contributed by atoms with E-state index < -0.39 is 0 Å². The highest BCUT2D eigenvalue weighted by Crippen LogP contribution is 2.13. The fourth-order valence-corrected chi connectivity index (χ4v) is 3.81. The van der Waals surface area contributed by atoms with E-state index in [0.29, 0.717) is 0 Å². The third kappa shape index (κ3) is 24.2. The monoisotopic (exact) mass is 421 g/mol. The van der Waals surface area contributed by atoms with Gasteiger partial charge in [0, 0.05) is 26.3 Å². The van der Waals surface area contributed by atoms with Gasteiger partial charge in [0.15, 0.2) is 0 Å². The third-order valence-electron chi connectivity index (χ3n) is 5.59. The van der Waals surface area contributed by atoms with E-state index in [1.807, 2.05) is 0 Å². The van der Waals surface area contributed by atoms with Crippen LogP contribution in [0.25, 0.3) is 0 Å². The standard InChI is InChI=1S/C24H51NO2.ClH/c1-2-3-4-5-6-7-8-9-10-11-12-13-14-15-16-17-20-25(21-18-23-26)22-19-24-27;/h26-27H,2-24H2,1H3;1H. The van der Waals surface area contributed by atoms with Crippen LogP contribution < -0.4 is 0 Å². The highest BCUT2D eigenvalue weighted by Gasteiger charge is 2.03. The Bertz CT molecular complexity index is 259. The predicted molar refractivity (Wildman–Crippen MR) is 127 cm³/mol. The van der Waals surface area contributed by atoms with Crippen molar-refractivity contribution in [2.75, 3.05) is 32.8 Å². The first-order valence-corrected chi connectivity index (χ1v) is 12.3. The molecule has 3 nitrogen and oxygen atoms in total. The van der Waals surface area contributed by atoms with Gasteiger partial charge >= 0.3 is 0 Å². The van der Waals surface area contributed by atoms with Crippen molar-refractivity contribution in [2.24, 2.45) is 0 Å². The maximum atomic E-state index is 8.98. The first-order chi connectivity index (χ1) is 13.3. The SMILES string of the molecule is CCCCCCCCCCCCCCCCCCN(CCCO)CCCO.Cl. The van der Waals surface area contributed by atoms with Crippen molar-refractivity contribution in [3.63, 3.8) is 0 Å². The van der Waals surface area contributed by atoms with E-state index in [0.717, 1.165) is 32.5 Å². The van der Waals surface area contributed by atoms with Gasteiger partial charge in [0.05, 0.1) is 0 Å². The maximum absolute atomic E-state index is 8.98. The quantitative estimate of drug-likeness (QED) is 0.179. The molecule has 172 valence electrons. The van der Waals surface area contributed by atoms with Gasteiger partial charge in [-0.1, -0.05) is 103 Å². The van der Waals surface area contributed by atoms with Crippen LogP contribution in [0, 0.1) is 0 Å². The summed E-state index contributed by atoms with van der Waals surface area (Å²) < 4.78 is 0. The van der Waals surface area contributed by atoms with Crippen LogP contribution in [0.1, 0.15) is 122 Å². The van der Waals surface area contributed by atoms with Crippen molar-refractivity contribution < 1.29 is 10.2 Å². The second-order valence-corrected chi connectivity index (χ2v) is 8.30. The zero-order valence-electron chi connectivity index (χ0n) is 19.0. The molecule has 0 spiro atoms. The van der Waals surface area contributed by atoms with Gasteiger partial charge in [0.25, 0.3) is 0 Å². The molecule has 0 radical (unpaired) electrons. The second kappa shape index (κ2) is 27.2. The normalized spacial score (nSPS) is 11.1. The Kier molecular flexibility index (Phi) is 29.5. The Hall–Kier alpha value is 0.170. The van der Waals surface area contributed by atoms with Crippen molar-refractivity contribution >= 4 is 12.4 Å². The number of hydrogen-bond donors (Lipinski definition) is 2. The average Bonchev–Trinajstić information content (AvgIpc) is 2.69.